The first kappa shape index (κ1) is 13.9. The molecule has 3 nitrogen and oxygen atoms in total. The van der Waals surface area contributed by atoms with Gasteiger partial charge in [-0.3, -0.25) is 0 Å². The molecule has 0 saturated heterocycles. The summed E-state index contributed by atoms with van der Waals surface area (Å²) in [5, 5.41) is 0.464. The molecule has 0 bridgehead atoms. The van der Waals surface area contributed by atoms with Crippen molar-refractivity contribution in [3.8, 4) is 0 Å². The van der Waals surface area contributed by atoms with E-state index in [4.69, 9.17) is 16.3 Å². The molecule has 1 rings (SSSR count). The summed E-state index contributed by atoms with van der Waals surface area (Å²) in [7, 11) is 1.66. The fourth-order valence-corrected chi connectivity index (χ4v) is 2.22. The fourth-order valence-electron chi connectivity index (χ4n) is 1.27. The maximum absolute atomic E-state index is 6.07. The Labute approximate surface area is 110 Å². The van der Waals surface area contributed by atoms with Gasteiger partial charge in [-0.2, -0.15) is 0 Å². The molecule has 0 radical (unpaired) electrons. The molecule has 1 heterocycles. The molecular weight excluding hydrogens is 291 g/mol. The highest BCUT2D eigenvalue weighted by atomic mass is 79.9. The van der Waals surface area contributed by atoms with Gasteiger partial charge < -0.3 is 4.74 Å². The van der Waals surface area contributed by atoms with Crippen molar-refractivity contribution < 1.29 is 4.74 Å². The van der Waals surface area contributed by atoms with E-state index >= 15 is 0 Å². The third kappa shape index (κ3) is 3.40. The summed E-state index contributed by atoms with van der Waals surface area (Å²) in [4.78, 5) is 8.73. The van der Waals surface area contributed by atoms with Crippen molar-refractivity contribution in [1.29, 1.82) is 0 Å². The molecule has 1 aromatic heterocycles. The first-order valence-electron chi connectivity index (χ1n) is 5.07. The minimum absolute atomic E-state index is 0.0623. The summed E-state index contributed by atoms with van der Waals surface area (Å²) in [5.74, 6) is 0.722. The topological polar surface area (TPSA) is 35.0 Å². The minimum atomic E-state index is -0.0623. The second-order valence-electron chi connectivity index (χ2n) is 4.59. The van der Waals surface area contributed by atoms with Gasteiger partial charge in [-0.15, -0.1) is 0 Å². The van der Waals surface area contributed by atoms with Crippen LogP contribution in [-0.4, -0.2) is 23.7 Å². The molecule has 0 fully saturated rings. The summed E-state index contributed by atoms with van der Waals surface area (Å²) in [6.07, 6.45) is 0.673. The van der Waals surface area contributed by atoms with E-state index in [0.717, 1.165) is 16.0 Å². The van der Waals surface area contributed by atoms with Crippen molar-refractivity contribution in [3.63, 3.8) is 0 Å². The maximum Gasteiger partial charge on any atom is 0.147 e. The highest BCUT2D eigenvalue weighted by Crippen LogP contribution is 2.32. The molecular formula is C11H16BrClN2O. The smallest absolute Gasteiger partial charge is 0.147 e. The van der Waals surface area contributed by atoms with Crippen LogP contribution < -0.4 is 0 Å². The number of methoxy groups -OCH3 is 1. The van der Waals surface area contributed by atoms with Crippen molar-refractivity contribution in [2.24, 2.45) is 0 Å². The van der Waals surface area contributed by atoms with Gasteiger partial charge in [0.1, 0.15) is 11.0 Å². The quantitative estimate of drug-likeness (QED) is 0.803. The van der Waals surface area contributed by atoms with Gasteiger partial charge in [0.15, 0.2) is 0 Å². The standard InChI is InChI=1S/C11H16BrClN2O/c1-11(2,3)9-8(12)10(13)15-7(14-9)5-6-16-4/h5-6H2,1-4H3. The Hall–Kier alpha value is -0.190. The third-order valence-corrected chi connectivity index (χ3v) is 3.35. The van der Waals surface area contributed by atoms with Crippen LogP contribution in [0, 0.1) is 0 Å². The molecule has 1 aromatic rings. The van der Waals surface area contributed by atoms with Gasteiger partial charge in [0.2, 0.25) is 0 Å². The molecule has 5 heteroatoms. The molecule has 0 atom stereocenters. The average Bonchev–Trinajstić information content (AvgIpc) is 2.17. The van der Waals surface area contributed by atoms with E-state index < -0.39 is 0 Å². The lowest BCUT2D eigenvalue weighted by Crippen LogP contribution is -2.17. The van der Waals surface area contributed by atoms with Crippen LogP contribution in [0.25, 0.3) is 0 Å². The number of hydrogen-bond donors (Lipinski definition) is 0. The lowest BCUT2D eigenvalue weighted by molar-refractivity contribution is 0.200. The molecule has 0 spiro atoms. The Balaban J connectivity index is 3.12. The van der Waals surface area contributed by atoms with Gasteiger partial charge in [0, 0.05) is 18.9 Å². The summed E-state index contributed by atoms with van der Waals surface area (Å²) in [6.45, 7) is 6.88. The highest BCUT2D eigenvalue weighted by Gasteiger charge is 2.22. The zero-order chi connectivity index (χ0) is 12.3. The van der Waals surface area contributed by atoms with E-state index in [-0.39, 0.29) is 5.41 Å². The number of ether oxygens (including phenoxy) is 1. The monoisotopic (exact) mass is 306 g/mol. The lowest BCUT2D eigenvalue weighted by Gasteiger charge is -2.20. The first-order chi connectivity index (χ1) is 7.36. The van der Waals surface area contributed by atoms with Gasteiger partial charge in [0.25, 0.3) is 0 Å². The number of aromatic nitrogens is 2. The normalized spacial score (nSPS) is 11.9. The third-order valence-electron chi connectivity index (χ3n) is 2.10. The second-order valence-corrected chi connectivity index (χ2v) is 5.74. The largest absolute Gasteiger partial charge is 0.384 e. The Morgan fingerprint density at radius 2 is 1.94 bits per heavy atom. The van der Waals surface area contributed by atoms with E-state index in [1.54, 1.807) is 7.11 Å². The Morgan fingerprint density at radius 1 is 1.31 bits per heavy atom. The van der Waals surface area contributed by atoms with Gasteiger partial charge in [-0.25, -0.2) is 9.97 Å². The van der Waals surface area contributed by atoms with Crippen LogP contribution in [-0.2, 0) is 16.6 Å². The molecule has 90 valence electrons. The second kappa shape index (κ2) is 5.43. The van der Waals surface area contributed by atoms with Crippen LogP contribution in [0.5, 0.6) is 0 Å². The molecule has 16 heavy (non-hydrogen) atoms. The van der Waals surface area contributed by atoms with Crippen molar-refractivity contribution >= 4 is 27.5 Å². The van der Waals surface area contributed by atoms with Crippen LogP contribution in [0.3, 0.4) is 0 Å². The molecule has 0 aliphatic heterocycles. The highest BCUT2D eigenvalue weighted by molar-refractivity contribution is 9.10. The predicted molar refractivity (Wildman–Crippen MR) is 69.0 cm³/mol. The van der Waals surface area contributed by atoms with E-state index in [1.807, 2.05) is 0 Å². The van der Waals surface area contributed by atoms with Crippen molar-refractivity contribution in [2.45, 2.75) is 32.6 Å². The molecule has 0 aliphatic carbocycles. The molecule has 0 saturated carbocycles. The zero-order valence-electron chi connectivity index (χ0n) is 9.97. The summed E-state index contributed by atoms with van der Waals surface area (Å²) in [5.41, 5.74) is 0.867. The fraction of sp³-hybridized carbons (Fsp3) is 0.636. The van der Waals surface area contributed by atoms with E-state index in [2.05, 4.69) is 46.7 Å². The molecule has 0 aromatic carbocycles. The van der Waals surface area contributed by atoms with Crippen LogP contribution in [0.4, 0.5) is 0 Å². The zero-order valence-corrected chi connectivity index (χ0v) is 12.3. The Bertz CT molecular complexity index is 377. The maximum atomic E-state index is 6.07. The molecule has 0 aliphatic rings. The van der Waals surface area contributed by atoms with Crippen LogP contribution in [0.2, 0.25) is 5.15 Å². The van der Waals surface area contributed by atoms with Gasteiger partial charge in [-0.05, 0) is 15.9 Å². The minimum Gasteiger partial charge on any atom is -0.384 e. The van der Waals surface area contributed by atoms with Gasteiger partial charge in [-0.1, -0.05) is 32.4 Å². The number of nitrogens with zero attached hydrogens (tertiary/aromatic N) is 2. The summed E-state index contributed by atoms with van der Waals surface area (Å²) < 4.78 is 5.79. The van der Waals surface area contributed by atoms with E-state index in [9.17, 15) is 0 Å². The SMILES string of the molecule is COCCc1nc(Cl)c(Br)c(C(C)(C)C)n1. The van der Waals surface area contributed by atoms with Crippen LogP contribution in [0.1, 0.15) is 32.3 Å². The van der Waals surface area contributed by atoms with Crippen LogP contribution in [0.15, 0.2) is 4.47 Å². The van der Waals surface area contributed by atoms with Crippen molar-refractivity contribution in [1.82, 2.24) is 9.97 Å². The first-order valence-corrected chi connectivity index (χ1v) is 6.24. The van der Waals surface area contributed by atoms with Crippen molar-refractivity contribution in [3.05, 3.63) is 21.1 Å². The Kier molecular flexibility index (Phi) is 4.71. The number of rotatable bonds is 3. The molecule has 0 unspecified atom stereocenters. The summed E-state index contributed by atoms with van der Waals surface area (Å²) >= 11 is 9.50. The van der Waals surface area contributed by atoms with E-state index in [0.29, 0.717) is 18.2 Å². The van der Waals surface area contributed by atoms with Crippen LogP contribution >= 0.6 is 27.5 Å². The number of hydrogen-bond acceptors (Lipinski definition) is 3. The Morgan fingerprint density at radius 3 is 2.44 bits per heavy atom. The molecule has 0 N–H and O–H groups in total. The molecule has 0 amide bonds. The predicted octanol–water partition coefficient (Wildman–Crippen LogP) is 3.38. The van der Waals surface area contributed by atoms with Crippen molar-refractivity contribution in [2.75, 3.05) is 13.7 Å². The lowest BCUT2D eigenvalue weighted by atomic mass is 9.92. The van der Waals surface area contributed by atoms with E-state index in [1.165, 1.54) is 0 Å². The van der Waals surface area contributed by atoms with Gasteiger partial charge in [0.05, 0.1) is 16.8 Å². The van der Waals surface area contributed by atoms with Gasteiger partial charge >= 0.3 is 0 Å². The average molecular weight is 308 g/mol. The summed E-state index contributed by atoms with van der Waals surface area (Å²) in [6, 6.07) is 0. The number of halogens is 2.